The van der Waals surface area contributed by atoms with E-state index in [0.717, 1.165) is 11.4 Å². The lowest BCUT2D eigenvalue weighted by Crippen LogP contribution is -2.07. The molecule has 0 unspecified atom stereocenters. The Hall–Kier alpha value is -2.07. The molecular weight excluding hydrogens is 288 g/mol. The molecule has 0 aliphatic heterocycles. The van der Waals surface area contributed by atoms with E-state index in [1.54, 1.807) is 13.2 Å². The van der Waals surface area contributed by atoms with Crippen molar-refractivity contribution < 1.29 is 9.47 Å². The second-order valence-corrected chi connectivity index (χ2v) is 5.30. The van der Waals surface area contributed by atoms with E-state index in [-0.39, 0.29) is 6.10 Å². The molecule has 0 amide bonds. The minimum absolute atomic E-state index is 0.0676. The summed E-state index contributed by atoms with van der Waals surface area (Å²) in [5.41, 5.74) is 8.25. The summed E-state index contributed by atoms with van der Waals surface area (Å²) < 4.78 is 10.8. The smallest absolute Gasteiger partial charge is 0.144 e. The van der Waals surface area contributed by atoms with Crippen LogP contribution in [0.2, 0.25) is 5.02 Å². The van der Waals surface area contributed by atoms with Gasteiger partial charge >= 0.3 is 0 Å². The minimum Gasteiger partial charge on any atom is -0.495 e. The van der Waals surface area contributed by atoms with Crippen molar-refractivity contribution in [1.82, 2.24) is 0 Å². The van der Waals surface area contributed by atoms with E-state index in [1.807, 2.05) is 44.2 Å². The maximum atomic E-state index is 6.11. The Morgan fingerprint density at radius 1 is 1.05 bits per heavy atom. The first-order valence-corrected chi connectivity index (χ1v) is 7.04. The van der Waals surface area contributed by atoms with Crippen LogP contribution in [0.3, 0.4) is 0 Å². The molecular formula is C16H19ClN2O2. The summed E-state index contributed by atoms with van der Waals surface area (Å²) in [7, 11) is 1.59. The predicted molar refractivity (Wildman–Crippen MR) is 87.9 cm³/mol. The number of nitrogen functional groups attached to an aromatic ring is 1. The molecule has 0 fully saturated rings. The SMILES string of the molecule is COc1ccc(Nc2ccc(N)c(OC(C)C)c2)cc1Cl. The summed E-state index contributed by atoms with van der Waals surface area (Å²) in [5.74, 6) is 1.30. The summed E-state index contributed by atoms with van der Waals surface area (Å²) in [6.45, 7) is 3.92. The molecule has 21 heavy (non-hydrogen) atoms. The van der Waals surface area contributed by atoms with Crippen molar-refractivity contribution in [2.45, 2.75) is 20.0 Å². The molecule has 5 heteroatoms. The number of nitrogens with one attached hydrogen (secondary N) is 1. The molecule has 0 heterocycles. The van der Waals surface area contributed by atoms with Crippen LogP contribution in [0.4, 0.5) is 17.1 Å². The molecule has 0 aromatic heterocycles. The van der Waals surface area contributed by atoms with E-state index in [9.17, 15) is 0 Å². The lowest BCUT2D eigenvalue weighted by Gasteiger charge is -2.14. The summed E-state index contributed by atoms with van der Waals surface area (Å²) in [6, 6.07) is 11.1. The predicted octanol–water partition coefficient (Wildman–Crippen LogP) is 4.46. The Balaban J connectivity index is 2.21. The van der Waals surface area contributed by atoms with Gasteiger partial charge in [-0.25, -0.2) is 0 Å². The second-order valence-electron chi connectivity index (χ2n) is 4.89. The molecule has 0 aliphatic rings. The monoisotopic (exact) mass is 306 g/mol. The Kier molecular flexibility index (Phi) is 4.81. The fraction of sp³-hybridized carbons (Fsp3) is 0.250. The Labute approximate surface area is 129 Å². The summed E-state index contributed by atoms with van der Waals surface area (Å²) in [6.07, 6.45) is 0.0676. The second kappa shape index (κ2) is 6.59. The number of benzene rings is 2. The number of ether oxygens (including phenoxy) is 2. The fourth-order valence-electron chi connectivity index (χ4n) is 1.88. The van der Waals surface area contributed by atoms with Gasteiger partial charge in [0.05, 0.1) is 23.9 Å². The maximum absolute atomic E-state index is 6.11. The van der Waals surface area contributed by atoms with Crippen LogP contribution >= 0.6 is 11.6 Å². The average Bonchev–Trinajstić information content (AvgIpc) is 2.42. The third-order valence-electron chi connectivity index (χ3n) is 2.82. The standard InChI is InChI=1S/C16H19ClN2O2/c1-10(2)21-16-9-12(4-6-14(16)18)19-11-5-7-15(20-3)13(17)8-11/h4-10,19H,18H2,1-3H3. The largest absolute Gasteiger partial charge is 0.495 e. The van der Waals surface area contributed by atoms with E-state index < -0.39 is 0 Å². The third-order valence-corrected chi connectivity index (χ3v) is 3.11. The van der Waals surface area contributed by atoms with Crippen LogP contribution < -0.4 is 20.5 Å². The first-order chi connectivity index (χ1) is 9.99. The van der Waals surface area contributed by atoms with Crippen molar-refractivity contribution in [3.8, 4) is 11.5 Å². The van der Waals surface area contributed by atoms with E-state index >= 15 is 0 Å². The molecule has 3 N–H and O–H groups in total. The van der Waals surface area contributed by atoms with Crippen molar-refractivity contribution in [1.29, 1.82) is 0 Å². The van der Waals surface area contributed by atoms with Gasteiger partial charge in [-0.3, -0.25) is 0 Å². The van der Waals surface area contributed by atoms with Crippen LogP contribution in [0.1, 0.15) is 13.8 Å². The van der Waals surface area contributed by atoms with Gasteiger partial charge in [-0.05, 0) is 44.2 Å². The van der Waals surface area contributed by atoms with Crippen LogP contribution in [-0.4, -0.2) is 13.2 Å². The number of hydrogen-bond acceptors (Lipinski definition) is 4. The first-order valence-electron chi connectivity index (χ1n) is 6.66. The minimum atomic E-state index is 0.0676. The molecule has 0 spiro atoms. The third kappa shape index (κ3) is 3.95. The summed E-state index contributed by atoms with van der Waals surface area (Å²) >= 11 is 6.11. The average molecular weight is 307 g/mol. The fourth-order valence-corrected chi connectivity index (χ4v) is 2.14. The van der Waals surface area contributed by atoms with Crippen molar-refractivity contribution in [3.05, 3.63) is 41.4 Å². The number of rotatable bonds is 5. The molecule has 2 rings (SSSR count). The summed E-state index contributed by atoms with van der Waals surface area (Å²) in [5, 5.41) is 3.81. The first kappa shape index (κ1) is 15.3. The number of nitrogens with two attached hydrogens (primary N) is 1. The van der Waals surface area contributed by atoms with Gasteiger partial charge in [0.25, 0.3) is 0 Å². The maximum Gasteiger partial charge on any atom is 0.144 e. The van der Waals surface area contributed by atoms with Crippen LogP contribution in [-0.2, 0) is 0 Å². The van der Waals surface area contributed by atoms with Gasteiger partial charge in [0.2, 0.25) is 0 Å². The molecule has 112 valence electrons. The van der Waals surface area contributed by atoms with Crippen molar-refractivity contribution in [2.24, 2.45) is 0 Å². The van der Waals surface area contributed by atoms with Gasteiger partial charge in [-0.2, -0.15) is 0 Å². The van der Waals surface area contributed by atoms with Gasteiger partial charge in [0.1, 0.15) is 11.5 Å². The lowest BCUT2D eigenvalue weighted by atomic mass is 10.2. The van der Waals surface area contributed by atoms with Gasteiger partial charge in [0.15, 0.2) is 0 Å². The van der Waals surface area contributed by atoms with Crippen molar-refractivity contribution in [3.63, 3.8) is 0 Å². The van der Waals surface area contributed by atoms with Gasteiger partial charge in [-0.15, -0.1) is 0 Å². The number of anilines is 3. The van der Waals surface area contributed by atoms with Crippen LogP contribution in [0.15, 0.2) is 36.4 Å². The molecule has 2 aromatic carbocycles. The highest BCUT2D eigenvalue weighted by Crippen LogP contribution is 2.31. The zero-order valence-corrected chi connectivity index (χ0v) is 13.1. The molecule has 0 atom stereocenters. The quantitative estimate of drug-likeness (QED) is 0.801. The molecule has 4 nitrogen and oxygen atoms in total. The van der Waals surface area contributed by atoms with E-state index in [0.29, 0.717) is 22.2 Å². The van der Waals surface area contributed by atoms with Gasteiger partial charge in [0, 0.05) is 17.4 Å². The highest BCUT2D eigenvalue weighted by molar-refractivity contribution is 6.32. The Bertz CT molecular complexity index is 630. The number of halogens is 1. The van der Waals surface area contributed by atoms with Crippen LogP contribution in [0.5, 0.6) is 11.5 Å². The molecule has 0 radical (unpaired) electrons. The van der Waals surface area contributed by atoms with Gasteiger partial charge < -0.3 is 20.5 Å². The molecule has 0 saturated heterocycles. The van der Waals surface area contributed by atoms with E-state index in [4.69, 9.17) is 26.8 Å². The van der Waals surface area contributed by atoms with Crippen LogP contribution in [0.25, 0.3) is 0 Å². The number of methoxy groups -OCH3 is 1. The van der Waals surface area contributed by atoms with Gasteiger partial charge in [-0.1, -0.05) is 11.6 Å². The van der Waals surface area contributed by atoms with E-state index in [1.165, 1.54) is 0 Å². The topological polar surface area (TPSA) is 56.5 Å². The molecule has 0 aliphatic carbocycles. The Morgan fingerprint density at radius 3 is 2.33 bits per heavy atom. The molecule has 0 saturated carbocycles. The highest BCUT2D eigenvalue weighted by Gasteiger charge is 2.06. The van der Waals surface area contributed by atoms with Crippen LogP contribution in [0, 0.1) is 0 Å². The molecule has 2 aromatic rings. The zero-order chi connectivity index (χ0) is 15.4. The molecule has 0 bridgehead atoms. The number of hydrogen-bond donors (Lipinski definition) is 2. The highest BCUT2D eigenvalue weighted by atomic mass is 35.5. The van der Waals surface area contributed by atoms with Crippen molar-refractivity contribution >= 4 is 28.7 Å². The van der Waals surface area contributed by atoms with E-state index in [2.05, 4.69) is 5.32 Å². The summed E-state index contributed by atoms with van der Waals surface area (Å²) in [4.78, 5) is 0. The van der Waals surface area contributed by atoms with Crippen molar-refractivity contribution in [2.75, 3.05) is 18.2 Å². The zero-order valence-electron chi connectivity index (χ0n) is 12.3. The lowest BCUT2D eigenvalue weighted by molar-refractivity contribution is 0.244. The normalized spacial score (nSPS) is 10.5. The Morgan fingerprint density at radius 2 is 1.71 bits per heavy atom.